The topological polar surface area (TPSA) is 59.2 Å². The van der Waals surface area contributed by atoms with E-state index < -0.39 is 18.1 Å². The Morgan fingerprint density at radius 2 is 2.11 bits per heavy atom. The summed E-state index contributed by atoms with van der Waals surface area (Å²) < 4.78 is 46.2. The van der Waals surface area contributed by atoms with Gasteiger partial charge in [0.1, 0.15) is 5.82 Å². The van der Waals surface area contributed by atoms with Crippen molar-refractivity contribution in [1.82, 2.24) is 15.0 Å². The Morgan fingerprint density at radius 1 is 1.32 bits per heavy atom. The molecule has 0 N–H and O–H groups in total. The molecule has 1 atom stereocenters. The number of rotatable bonds is 3. The van der Waals surface area contributed by atoms with Crippen LogP contribution in [0.25, 0.3) is 11.1 Å². The van der Waals surface area contributed by atoms with Crippen LogP contribution in [0.3, 0.4) is 0 Å². The number of amides is 1. The van der Waals surface area contributed by atoms with Gasteiger partial charge in [-0.3, -0.25) is 4.79 Å². The van der Waals surface area contributed by atoms with Crippen LogP contribution < -0.4 is 0 Å². The van der Waals surface area contributed by atoms with Gasteiger partial charge in [-0.25, -0.2) is 18.2 Å². The van der Waals surface area contributed by atoms with Gasteiger partial charge >= 0.3 is 0 Å². The van der Waals surface area contributed by atoms with Gasteiger partial charge in [0.05, 0.1) is 16.6 Å². The monoisotopic (exact) mass is 389 g/mol. The van der Waals surface area contributed by atoms with Crippen molar-refractivity contribution in [3.05, 3.63) is 58.7 Å². The van der Waals surface area contributed by atoms with Crippen LogP contribution in [0.2, 0.25) is 0 Å². The smallest absolute Gasteiger partial charge is 0.264 e. The summed E-state index contributed by atoms with van der Waals surface area (Å²) in [6.07, 6.45) is -1.33. The molecule has 8 heteroatoms. The molecule has 0 bridgehead atoms. The predicted octanol–water partition coefficient (Wildman–Crippen LogP) is 4.63. The summed E-state index contributed by atoms with van der Waals surface area (Å²) in [5.41, 5.74) is 0.708. The number of alkyl halides is 2. The fourth-order valence-electron chi connectivity index (χ4n) is 3.74. The summed E-state index contributed by atoms with van der Waals surface area (Å²) in [6.45, 7) is 2.35. The Hall–Kier alpha value is -2.90. The minimum atomic E-state index is -2.69. The molecule has 0 spiro atoms. The predicted molar refractivity (Wildman–Crippen MR) is 95.8 cm³/mol. The molecule has 1 aromatic carbocycles. The number of hydrogen-bond acceptors (Lipinski definition) is 4. The fraction of sp³-hybridized carbons (Fsp3) is 0.350. The number of piperidine rings is 1. The van der Waals surface area contributed by atoms with Crippen molar-refractivity contribution in [3.8, 4) is 0 Å². The van der Waals surface area contributed by atoms with E-state index in [4.69, 9.17) is 4.52 Å². The summed E-state index contributed by atoms with van der Waals surface area (Å²) in [7, 11) is 0. The van der Waals surface area contributed by atoms with Crippen LogP contribution in [-0.2, 0) is 0 Å². The van der Waals surface area contributed by atoms with Crippen LogP contribution in [0.4, 0.5) is 13.2 Å². The second-order valence-corrected chi connectivity index (χ2v) is 6.96. The molecule has 3 aromatic rings. The van der Waals surface area contributed by atoms with Crippen molar-refractivity contribution < 1.29 is 22.5 Å². The molecule has 0 aliphatic carbocycles. The first kappa shape index (κ1) is 18.5. The highest BCUT2D eigenvalue weighted by Gasteiger charge is 2.29. The van der Waals surface area contributed by atoms with Crippen LogP contribution in [0.5, 0.6) is 0 Å². The van der Waals surface area contributed by atoms with E-state index in [1.54, 1.807) is 17.9 Å². The van der Waals surface area contributed by atoms with E-state index in [1.807, 2.05) is 0 Å². The number of pyridine rings is 1. The van der Waals surface area contributed by atoms with Crippen LogP contribution in [-0.4, -0.2) is 34.0 Å². The first-order valence-corrected chi connectivity index (χ1v) is 9.04. The molecule has 4 rings (SSSR count). The van der Waals surface area contributed by atoms with Crippen molar-refractivity contribution in [2.45, 2.75) is 32.1 Å². The van der Waals surface area contributed by atoms with Crippen LogP contribution in [0.1, 0.15) is 52.5 Å². The molecule has 1 saturated heterocycles. The fourth-order valence-corrected chi connectivity index (χ4v) is 3.74. The molecule has 146 valence electrons. The van der Waals surface area contributed by atoms with Crippen LogP contribution in [0.15, 0.2) is 34.9 Å². The van der Waals surface area contributed by atoms with Gasteiger partial charge in [-0.1, -0.05) is 17.3 Å². The van der Waals surface area contributed by atoms with E-state index in [9.17, 15) is 18.0 Å². The average molecular weight is 389 g/mol. The van der Waals surface area contributed by atoms with E-state index in [0.717, 1.165) is 0 Å². The lowest BCUT2D eigenvalue weighted by molar-refractivity contribution is 0.0701. The van der Waals surface area contributed by atoms with Gasteiger partial charge in [-0.2, -0.15) is 0 Å². The van der Waals surface area contributed by atoms with Crippen molar-refractivity contribution >= 4 is 17.0 Å². The lowest BCUT2D eigenvalue weighted by atomic mass is 9.92. The number of carbonyl (C=O) groups excluding carboxylic acids is 1. The first-order chi connectivity index (χ1) is 13.5. The molecular formula is C20H18F3N3O2. The van der Waals surface area contributed by atoms with Gasteiger partial charge < -0.3 is 9.42 Å². The summed E-state index contributed by atoms with van der Waals surface area (Å²) in [5.74, 6) is -1.23. The molecule has 1 amide bonds. The van der Waals surface area contributed by atoms with E-state index in [1.165, 1.54) is 24.3 Å². The van der Waals surface area contributed by atoms with E-state index >= 15 is 0 Å². The average Bonchev–Trinajstić information content (AvgIpc) is 3.08. The van der Waals surface area contributed by atoms with Crippen molar-refractivity contribution in [3.63, 3.8) is 0 Å². The van der Waals surface area contributed by atoms with Gasteiger partial charge in [-0.05, 0) is 38.0 Å². The maximum absolute atomic E-state index is 14.0. The highest BCUT2D eigenvalue weighted by Crippen LogP contribution is 2.34. The molecule has 2 aromatic heterocycles. The Labute approximate surface area is 159 Å². The third-order valence-electron chi connectivity index (χ3n) is 5.13. The number of aryl methyl sites for hydroxylation is 1. The quantitative estimate of drug-likeness (QED) is 0.655. The van der Waals surface area contributed by atoms with Gasteiger partial charge in [0.2, 0.25) is 0 Å². The second kappa shape index (κ2) is 7.26. The normalized spacial score (nSPS) is 17.5. The molecule has 0 saturated carbocycles. The molecule has 0 radical (unpaired) electrons. The third kappa shape index (κ3) is 3.23. The molecule has 1 fully saturated rings. The summed E-state index contributed by atoms with van der Waals surface area (Å²) in [6, 6.07) is 7.19. The number of hydrogen-bond donors (Lipinski definition) is 0. The van der Waals surface area contributed by atoms with Gasteiger partial charge in [0.25, 0.3) is 18.0 Å². The van der Waals surface area contributed by atoms with E-state index in [0.29, 0.717) is 30.8 Å². The maximum atomic E-state index is 14.0. The standard InChI is InChI=1S/C20H18F3N3O2/c1-11-17-14(18(22)23)9-16(24-19(17)28-25-11)12-5-4-8-26(10-12)20(27)13-6-2-3-7-15(13)21/h2-3,6-7,9,12,18H,4-5,8,10H2,1H3. The maximum Gasteiger partial charge on any atom is 0.264 e. The van der Waals surface area contributed by atoms with Crippen LogP contribution >= 0.6 is 0 Å². The Kier molecular flexibility index (Phi) is 4.78. The number of halogens is 3. The third-order valence-corrected chi connectivity index (χ3v) is 5.13. The molecule has 28 heavy (non-hydrogen) atoms. The Bertz CT molecular complexity index is 1030. The summed E-state index contributed by atoms with van der Waals surface area (Å²) >= 11 is 0. The minimum absolute atomic E-state index is 0.00527. The van der Waals surface area contributed by atoms with Crippen LogP contribution in [0, 0.1) is 12.7 Å². The number of likely N-dealkylation sites (tertiary alicyclic amines) is 1. The SMILES string of the molecule is Cc1noc2nc(C3CCCN(C(=O)c4ccccc4F)C3)cc(C(F)F)c12. The molecule has 3 heterocycles. The highest BCUT2D eigenvalue weighted by molar-refractivity contribution is 5.94. The number of carbonyl (C=O) groups is 1. The Morgan fingerprint density at radius 3 is 2.86 bits per heavy atom. The van der Waals surface area contributed by atoms with Gasteiger partial charge in [-0.15, -0.1) is 0 Å². The van der Waals surface area contributed by atoms with E-state index in [-0.39, 0.29) is 34.7 Å². The molecule has 1 aliphatic heterocycles. The summed E-state index contributed by atoms with van der Waals surface area (Å²) in [5, 5.41) is 3.97. The van der Waals surface area contributed by atoms with Gasteiger partial charge in [0.15, 0.2) is 0 Å². The number of aromatic nitrogens is 2. The molecule has 1 unspecified atom stereocenters. The highest BCUT2D eigenvalue weighted by atomic mass is 19.3. The van der Waals surface area contributed by atoms with Crippen molar-refractivity contribution in [1.29, 1.82) is 0 Å². The zero-order valence-electron chi connectivity index (χ0n) is 15.2. The number of nitrogens with zero attached hydrogens (tertiary/aromatic N) is 3. The number of benzene rings is 1. The Balaban J connectivity index is 1.65. The molecule has 1 aliphatic rings. The van der Waals surface area contributed by atoms with E-state index in [2.05, 4.69) is 10.1 Å². The van der Waals surface area contributed by atoms with Crippen molar-refractivity contribution in [2.75, 3.05) is 13.1 Å². The van der Waals surface area contributed by atoms with Crippen molar-refractivity contribution in [2.24, 2.45) is 0 Å². The van der Waals surface area contributed by atoms with Gasteiger partial charge in [0, 0.05) is 30.3 Å². The minimum Gasteiger partial charge on any atom is -0.338 e. The first-order valence-electron chi connectivity index (χ1n) is 9.04. The molecular weight excluding hydrogens is 371 g/mol. The lowest BCUT2D eigenvalue weighted by Crippen LogP contribution is -2.39. The largest absolute Gasteiger partial charge is 0.338 e. The second-order valence-electron chi connectivity index (χ2n) is 6.96. The zero-order chi connectivity index (χ0) is 19.8. The summed E-state index contributed by atoms with van der Waals surface area (Å²) in [4.78, 5) is 18.6. The molecule has 5 nitrogen and oxygen atoms in total. The zero-order valence-corrected chi connectivity index (χ0v) is 15.2. The lowest BCUT2D eigenvalue weighted by Gasteiger charge is -2.32. The number of fused-ring (bicyclic) bond motifs is 1.